The second kappa shape index (κ2) is 6.05. The van der Waals surface area contributed by atoms with Gasteiger partial charge in [0.15, 0.2) is 0 Å². The largest absolute Gasteiger partial charge is 0.398 e. The molecule has 19 heavy (non-hydrogen) atoms. The van der Waals surface area contributed by atoms with E-state index in [4.69, 9.17) is 5.73 Å². The monoisotopic (exact) mass is 344 g/mol. The summed E-state index contributed by atoms with van der Waals surface area (Å²) in [5, 5.41) is -0.554. The lowest BCUT2D eigenvalue weighted by molar-refractivity contribution is -0.129. The molecule has 6 heteroatoms. The van der Waals surface area contributed by atoms with Crippen molar-refractivity contribution in [2.45, 2.75) is 29.9 Å². The molecule has 2 unspecified atom stereocenters. The van der Waals surface area contributed by atoms with Gasteiger partial charge < -0.3 is 10.6 Å². The second-order valence-electron chi connectivity index (χ2n) is 4.65. The Balaban J connectivity index is 2.16. The molecule has 1 amide bonds. The minimum absolute atomic E-state index is 0.0434. The quantitative estimate of drug-likeness (QED) is 0.854. The number of benzene rings is 1. The molecule has 2 atom stereocenters. The van der Waals surface area contributed by atoms with Gasteiger partial charge in [-0.1, -0.05) is 15.9 Å². The average Bonchev–Trinajstić information content (AvgIpc) is 2.90. The summed E-state index contributed by atoms with van der Waals surface area (Å²) in [7, 11) is -1.41. The predicted octanol–water partition coefficient (Wildman–Crippen LogP) is 2.15. The highest BCUT2D eigenvalue weighted by atomic mass is 79.9. The molecule has 4 nitrogen and oxygen atoms in total. The number of halogens is 1. The Morgan fingerprint density at radius 3 is 2.63 bits per heavy atom. The molecular formula is C13H17BrN2O2S. The van der Waals surface area contributed by atoms with E-state index in [1.807, 2.05) is 0 Å². The fourth-order valence-corrected chi connectivity index (χ4v) is 3.76. The summed E-state index contributed by atoms with van der Waals surface area (Å²) < 4.78 is 13.3. The lowest BCUT2D eigenvalue weighted by Crippen LogP contribution is -2.37. The molecular weight excluding hydrogens is 328 g/mol. The zero-order valence-corrected chi connectivity index (χ0v) is 13.2. The van der Waals surface area contributed by atoms with Crippen LogP contribution in [-0.2, 0) is 15.6 Å². The van der Waals surface area contributed by atoms with E-state index in [1.54, 1.807) is 30.0 Å². The van der Waals surface area contributed by atoms with Gasteiger partial charge in [0.2, 0.25) is 5.91 Å². The highest BCUT2D eigenvalue weighted by Gasteiger charge is 2.28. The van der Waals surface area contributed by atoms with Crippen molar-refractivity contribution < 1.29 is 9.00 Å². The number of hydrogen-bond donors (Lipinski definition) is 1. The summed E-state index contributed by atoms with van der Waals surface area (Å²) in [4.78, 5) is 14.5. The van der Waals surface area contributed by atoms with Crippen molar-refractivity contribution in [3.63, 3.8) is 0 Å². The van der Waals surface area contributed by atoms with Gasteiger partial charge in [0.1, 0.15) is 5.25 Å². The minimum atomic E-state index is -1.41. The third-order valence-corrected chi connectivity index (χ3v) is 5.42. The Kier molecular flexibility index (Phi) is 4.62. The number of rotatable bonds is 3. The standard InChI is InChI=1S/C13H17BrN2O2S/c1-9(13(17)16-6-2-3-7-16)19(18)12-5-4-10(14)8-11(12)15/h4-5,8-9H,2-3,6-7,15H2,1H3. The molecule has 1 saturated heterocycles. The number of carbonyl (C=O) groups excluding carboxylic acids is 1. The van der Waals surface area contributed by atoms with Crippen molar-refractivity contribution in [1.29, 1.82) is 0 Å². The lowest BCUT2D eigenvalue weighted by atomic mass is 10.3. The van der Waals surface area contributed by atoms with E-state index in [0.717, 1.165) is 30.4 Å². The molecule has 1 aromatic carbocycles. The Morgan fingerprint density at radius 2 is 2.05 bits per heavy atom. The van der Waals surface area contributed by atoms with E-state index >= 15 is 0 Å². The van der Waals surface area contributed by atoms with Gasteiger partial charge in [-0.05, 0) is 38.0 Å². The molecule has 1 aliphatic rings. The Hall–Kier alpha value is -0.880. The molecule has 1 fully saturated rings. The maximum absolute atomic E-state index is 12.4. The Bertz CT molecular complexity index is 515. The summed E-state index contributed by atoms with van der Waals surface area (Å²) >= 11 is 3.31. The lowest BCUT2D eigenvalue weighted by Gasteiger charge is -2.20. The van der Waals surface area contributed by atoms with E-state index in [1.165, 1.54) is 0 Å². The van der Waals surface area contributed by atoms with Gasteiger partial charge in [-0.15, -0.1) is 0 Å². The van der Waals surface area contributed by atoms with Crippen LogP contribution in [0.1, 0.15) is 19.8 Å². The van der Waals surface area contributed by atoms with Crippen LogP contribution in [0.5, 0.6) is 0 Å². The third-order valence-electron chi connectivity index (χ3n) is 3.28. The average molecular weight is 345 g/mol. The van der Waals surface area contributed by atoms with Gasteiger partial charge in [0, 0.05) is 23.2 Å². The molecule has 0 aliphatic carbocycles. The molecule has 1 heterocycles. The molecule has 0 spiro atoms. The fourth-order valence-electron chi connectivity index (χ4n) is 2.18. The van der Waals surface area contributed by atoms with Gasteiger partial charge in [-0.3, -0.25) is 9.00 Å². The SMILES string of the molecule is CC(C(=O)N1CCCC1)S(=O)c1ccc(Br)cc1N. The molecule has 0 aromatic heterocycles. The summed E-state index contributed by atoms with van der Waals surface area (Å²) in [5.74, 6) is -0.0434. The van der Waals surface area contributed by atoms with Gasteiger partial charge in [-0.2, -0.15) is 0 Å². The normalized spacial score (nSPS) is 18.3. The maximum atomic E-state index is 12.4. The van der Waals surface area contributed by atoms with Crippen LogP contribution >= 0.6 is 15.9 Å². The number of amides is 1. The second-order valence-corrected chi connectivity index (χ2v) is 7.31. The van der Waals surface area contributed by atoms with Crippen LogP contribution in [0.2, 0.25) is 0 Å². The first-order valence-corrected chi connectivity index (χ1v) is 8.25. The van der Waals surface area contributed by atoms with Gasteiger partial charge in [-0.25, -0.2) is 0 Å². The van der Waals surface area contributed by atoms with Crippen molar-refractivity contribution in [3.05, 3.63) is 22.7 Å². The zero-order chi connectivity index (χ0) is 14.0. The Labute approximate surface area is 123 Å². The van der Waals surface area contributed by atoms with Crippen molar-refractivity contribution in [1.82, 2.24) is 4.90 Å². The van der Waals surface area contributed by atoms with Crippen molar-refractivity contribution in [3.8, 4) is 0 Å². The molecule has 0 radical (unpaired) electrons. The summed E-state index contributed by atoms with van der Waals surface area (Å²) in [6.07, 6.45) is 2.07. The molecule has 104 valence electrons. The van der Waals surface area contributed by atoms with Gasteiger partial charge >= 0.3 is 0 Å². The van der Waals surface area contributed by atoms with Crippen molar-refractivity contribution in [2.75, 3.05) is 18.8 Å². The van der Waals surface area contributed by atoms with E-state index in [0.29, 0.717) is 10.6 Å². The number of nitrogens with two attached hydrogens (primary N) is 1. The van der Waals surface area contributed by atoms with Crippen molar-refractivity contribution >= 4 is 38.3 Å². The first-order chi connectivity index (χ1) is 9.00. The van der Waals surface area contributed by atoms with E-state index < -0.39 is 16.0 Å². The number of likely N-dealkylation sites (tertiary alicyclic amines) is 1. The summed E-state index contributed by atoms with van der Waals surface area (Å²) in [6.45, 7) is 3.25. The number of hydrogen-bond acceptors (Lipinski definition) is 3. The molecule has 0 saturated carbocycles. The van der Waals surface area contributed by atoms with Crippen LogP contribution in [0.25, 0.3) is 0 Å². The number of nitrogen functional groups attached to an aromatic ring is 1. The first-order valence-electron chi connectivity index (χ1n) is 6.25. The summed E-state index contributed by atoms with van der Waals surface area (Å²) in [5.41, 5.74) is 6.32. The molecule has 0 bridgehead atoms. The highest BCUT2D eigenvalue weighted by molar-refractivity contribution is 9.10. The molecule has 2 N–H and O–H groups in total. The van der Waals surface area contributed by atoms with Crippen LogP contribution in [0.4, 0.5) is 5.69 Å². The maximum Gasteiger partial charge on any atom is 0.238 e. The molecule has 1 aromatic rings. The Morgan fingerprint density at radius 1 is 1.42 bits per heavy atom. The van der Waals surface area contributed by atoms with Crippen LogP contribution < -0.4 is 5.73 Å². The van der Waals surface area contributed by atoms with E-state index in [9.17, 15) is 9.00 Å². The third kappa shape index (κ3) is 3.17. The van der Waals surface area contributed by atoms with Gasteiger partial charge in [0.05, 0.1) is 15.7 Å². The van der Waals surface area contributed by atoms with E-state index in [-0.39, 0.29) is 5.91 Å². The topological polar surface area (TPSA) is 63.4 Å². The summed E-state index contributed by atoms with van der Waals surface area (Å²) in [6, 6.07) is 5.21. The first kappa shape index (κ1) is 14.5. The minimum Gasteiger partial charge on any atom is -0.398 e. The van der Waals surface area contributed by atoms with Crippen LogP contribution in [0, 0.1) is 0 Å². The fraction of sp³-hybridized carbons (Fsp3) is 0.462. The van der Waals surface area contributed by atoms with Crippen LogP contribution in [-0.4, -0.2) is 33.4 Å². The smallest absolute Gasteiger partial charge is 0.238 e. The number of anilines is 1. The van der Waals surface area contributed by atoms with Crippen molar-refractivity contribution in [2.24, 2.45) is 0 Å². The highest BCUT2D eigenvalue weighted by Crippen LogP contribution is 2.24. The molecule has 2 rings (SSSR count). The number of carbonyl (C=O) groups is 1. The number of nitrogens with zero attached hydrogens (tertiary/aromatic N) is 1. The van der Waals surface area contributed by atoms with Crippen LogP contribution in [0.3, 0.4) is 0 Å². The van der Waals surface area contributed by atoms with E-state index in [2.05, 4.69) is 15.9 Å². The zero-order valence-electron chi connectivity index (χ0n) is 10.8. The predicted molar refractivity (Wildman–Crippen MR) is 80.2 cm³/mol. The van der Waals surface area contributed by atoms with Gasteiger partial charge in [0.25, 0.3) is 0 Å². The molecule has 1 aliphatic heterocycles. The van der Waals surface area contributed by atoms with Crippen LogP contribution in [0.15, 0.2) is 27.6 Å².